The van der Waals surface area contributed by atoms with E-state index in [-0.39, 0.29) is 11.9 Å². The maximum absolute atomic E-state index is 13.5. The van der Waals surface area contributed by atoms with E-state index in [0.717, 1.165) is 23.0 Å². The van der Waals surface area contributed by atoms with E-state index >= 15 is 0 Å². The van der Waals surface area contributed by atoms with E-state index in [0.29, 0.717) is 5.92 Å². The second-order valence-corrected chi connectivity index (χ2v) is 6.27. The molecule has 1 aliphatic carbocycles. The third-order valence-corrected chi connectivity index (χ3v) is 4.17. The highest BCUT2D eigenvalue weighted by Gasteiger charge is 2.29. The van der Waals surface area contributed by atoms with Gasteiger partial charge in [-0.1, -0.05) is 19.9 Å². The zero-order valence-electron chi connectivity index (χ0n) is 11.6. The lowest BCUT2D eigenvalue weighted by Crippen LogP contribution is -2.29. The van der Waals surface area contributed by atoms with Gasteiger partial charge in [0.1, 0.15) is 5.82 Å². The molecule has 0 amide bonds. The van der Waals surface area contributed by atoms with Crippen LogP contribution >= 0.6 is 0 Å². The lowest BCUT2D eigenvalue weighted by molar-refractivity contribution is 0.193. The highest BCUT2D eigenvalue weighted by molar-refractivity contribution is 5.26. The van der Waals surface area contributed by atoms with Gasteiger partial charge in [-0.2, -0.15) is 0 Å². The first-order chi connectivity index (χ1) is 8.45. The zero-order chi connectivity index (χ0) is 13.3. The van der Waals surface area contributed by atoms with Crippen molar-refractivity contribution in [3.63, 3.8) is 0 Å². The molecule has 0 bridgehead atoms. The second kappa shape index (κ2) is 5.40. The van der Waals surface area contributed by atoms with Crippen LogP contribution in [-0.4, -0.2) is 0 Å². The topological polar surface area (TPSA) is 26.0 Å². The van der Waals surface area contributed by atoms with E-state index in [4.69, 9.17) is 5.73 Å². The standard InChI is InChI=1S/C16H24FN/c1-10-4-11(2)6-13(5-10)16(18)14-7-12(3)8-15(17)9-14/h7-11,13,16H,4-6,18H2,1-3H3. The van der Waals surface area contributed by atoms with E-state index in [1.54, 1.807) is 12.1 Å². The fourth-order valence-electron chi connectivity index (χ4n) is 3.53. The number of hydrogen-bond acceptors (Lipinski definition) is 1. The van der Waals surface area contributed by atoms with Crippen LogP contribution in [0.15, 0.2) is 18.2 Å². The molecule has 0 saturated heterocycles. The summed E-state index contributed by atoms with van der Waals surface area (Å²) in [7, 11) is 0. The molecule has 1 aromatic carbocycles. The normalized spacial score (nSPS) is 30.2. The Labute approximate surface area is 110 Å². The smallest absolute Gasteiger partial charge is 0.123 e. The van der Waals surface area contributed by atoms with Gasteiger partial charge < -0.3 is 5.73 Å². The van der Waals surface area contributed by atoms with Crippen LogP contribution in [-0.2, 0) is 0 Å². The number of nitrogens with two attached hydrogens (primary N) is 1. The molecule has 0 aromatic heterocycles. The molecule has 0 aliphatic heterocycles. The van der Waals surface area contributed by atoms with Crippen molar-refractivity contribution in [2.75, 3.05) is 0 Å². The Kier molecular flexibility index (Phi) is 4.06. The van der Waals surface area contributed by atoms with Crippen molar-refractivity contribution in [3.05, 3.63) is 35.1 Å². The summed E-state index contributed by atoms with van der Waals surface area (Å²) in [5.41, 5.74) is 8.28. The van der Waals surface area contributed by atoms with Gasteiger partial charge in [0.2, 0.25) is 0 Å². The summed E-state index contributed by atoms with van der Waals surface area (Å²) >= 11 is 0. The SMILES string of the molecule is Cc1cc(F)cc(C(N)C2CC(C)CC(C)C2)c1. The molecular formula is C16H24FN. The van der Waals surface area contributed by atoms with Crippen LogP contribution in [0.5, 0.6) is 0 Å². The summed E-state index contributed by atoms with van der Waals surface area (Å²) in [4.78, 5) is 0. The van der Waals surface area contributed by atoms with Gasteiger partial charge in [-0.15, -0.1) is 0 Å². The average Bonchev–Trinajstić information content (AvgIpc) is 2.25. The minimum atomic E-state index is -0.169. The summed E-state index contributed by atoms with van der Waals surface area (Å²) in [5.74, 6) is 1.79. The van der Waals surface area contributed by atoms with Gasteiger partial charge in [0, 0.05) is 6.04 Å². The van der Waals surface area contributed by atoms with Gasteiger partial charge in [-0.3, -0.25) is 0 Å². The molecule has 1 saturated carbocycles. The number of aryl methyl sites for hydroxylation is 1. The lowest BCUT2D eigenvalue weighted by atomic mass is 9.72. The maximum Gasteiger partial charge on any atom is 0.123 e. The predicted molar refractivity (Wildman–Crippen MR) is 73.7 cm³/mol. The van der Waals surface area contributed by atoms with Gasteiger partial charge in [0.05, 0.1) is 0 Å². The van der Waals surface area contributed by atoms with E-state index in [1.807, 2.05) is 13.0 Å². The molecule has 2 heteroatoms. The first kappa shape index (κ1) is 13.5. The summed E-state index contributed by atoms with van der Waals surface area (Å²) in [5, 5.41) is 0. The molecule has 0 spiro atoms. The van der Waals surface area contributed by atoms with Crippen molar-refractivity contribution in [1.82, 2.24) is 0 Å². The van der Waals surface area contributed by atoms with Crippen LogP contribution in [0.1, 0.15) is 50.3 Å². The molecule has 1 aromatic rings. The summed E-state index contributed by atoms with van der Waals surface area (Å²) < 4.78 is 13.5. The molecule has 1 fully saturated rings. The Bertz CT molecular complexity index is 385. The van der Waals surface area contributed by atoms with Crippen molar-refractivity contribution in [3.8, 4) is 0 Å². The highest BCUT2D eigenvalue weighted by atomic mass is 19.1. The van der Waals surface area contributed by atoms with Gasteiger partial charge in [-0.25, -0.2) is 4.39 Å². The van der Waals surface area contributed by atoms with Crippen LogP contribution in [0.2, 0.25) is 0 Å². The Morgan fingerprint density at radius 1 is 1.11 bits per heavy atom. The summed E-state index contributed by atoms with van der Waals surface area (Å²) in [6.45, 7) is 6.52. The Balaban J connectivity index is 2.17. The second-order valence-electron chi connectivity index (χ2n) is 6.27. The lowest BCUT2D eigenvalue weighted by Gasteiger charge is -2.35. The van der Waals surface area contributed by atoms with Gasteiger partial charge >= 0.3 is 0 Å². The molecule has 18 heavy (non-hydrogen) atoms. The number of hydrogen-bond donors (Lipinski definition) is 1. The van der Waals surface area contributed by atoms with Crippen LogP contribution in [0.25, 0.3) is 0 Å². The maximum atomic E-state index is 13.5. The van der Waals surface area contributed by atoms with Crippen molar-refractivity contribution in [2.24, 2.45) is 23.5 Å². The van der Waals surface area contributed by atoms with Crippen LogP contribution in [0, 0.1) is 30.5 Å². The third kappa shape index (κ3) is 3.11. The number of halogens is 1. The molecule has 1 aliphatic rings. The van der Waals surface area contributed by atoms with Crippen molar-refractivity contribution < 1.29 is 4.39 Å². The third-order valence-electron chi connectivity index (χ3n) is 4.17. The fourth-order valence-corrected chi connectivity index (χ4v) is 3.53. The van der Waals surface area contributed by atoms with Gasteiger partial charge in [0.15, 0.2) is 0 Å². The van der Waals surface area contributed by atoms with Gasteiger partial charge in [0.25, 0.3) is 0 Å². The molecular weight excluding hydrogens is 225 g/mol. The minimum absolute atomic E-state index is 0.0235. The van der Waals surface area contributed by atoms with Crippen molar-refractivity contribution in [1.29, 1.82) is 0 Å². The average molecular weight is 249 g/mol. The number of rotatable bonds is 2. The molecule has 2 N–H and O–H groups in total. The van der Waals surface area contributed by atoms with Crippen LogP contribution in [0.4, 0.5) is 4.39 Å². The first-order valence-electron chi connectivity index (χ1n) is 6.98. The first-order valence-corrected chi connectivity index (χ1v) is 6.98. The Hall–Kier alpha value is -0.890. The molecule has 3 unspecified atom stereocenters. The van der Waals surface area contributed by atoms with E-state index in [9.17, 15) is 4.39 Å². The quantitative estimate of drug-likeness (QED) is 0.835. The minimum Gasteiger partial charge on any atom is -0.324 e. The predicted octanol–water partition coefficient (Wildman–Crippen LogP) is 4.21. The molecule has 3 atom stereocenters. The largest absolute Gasteiger partial charge is 0.324 e. The van der Waals surface area contributed by atoms with E-state index < -0.39 is 0 Å². The molecule has 0 heterocycles. The highest BCUT2D eigenvalue weighted by Crippen LogP contribution is 2.38. The van der Waals surface area contributed by atoms with Crippen LogP contribution in [0.3, 0.4) is 0 Å². The molecule has 0 radical (unpaired) electrons. The zero-order valence-corrected chi connectivity index (χ0v) is 11.6. The van der Waals surface area contributed by atoms with Crippen molar-refractivity contribution >= 4 is 0 Å². The van der Waals surface area contributed by atoms with Crippen molar-refractivity contribution in [2.45, 2.75) is 46.1 Å². The number of benzene rings is 1. The fraction of sp³-hybridized carbons (Fsp3) is 0.625. The summed E-state index contributed by atoms with van der Waals surface area (Å²) in [6.07, 6.45) is 3.63. The summed E-state index contributed by atoms with van der Waals surface area (Å²) in [6, 6.07) is 5.16. The van der Waals surface area contributed by atoms with Gasteiger partial charge in [-0.05, 0) is 67.2 Å². The molecule has 100 valence electrons. The van der Waals surface area contributed by atoms with E-state index in [2.05, 4.69) is 13.8 Å². The molecule has 1 nitrogen and oxygen atoms in total. The van der Waals surface area contributed by atoms with E-state index in [1.165, 1.54) is 19.3 Å². The monoisotopic (exact) mass is 249 g/mol. The van der Waals surface area contributed by atoms with Crippen LogP contribution < -0.4 is 5.73 Å². The Morgan fingerprint density at radius 2 is 1.72 bits per heavy atom. The Morgan fingerprint density at radius 3 is 2.28 bits per heavy atom. The molecule has 2 rings (SSSR count).